The molecule has 2 aliphatic rings. The first-order valence-corrected chi connectivity index (χ1v) is 7.67. The lowest BCUT2D eigenvalue weighted by Crippen LogP contribution is -2.47. The second kappa shape index (κ2) is 6.23. The number of carbonyl (C=O) groups excluding carboxylic acids is 1. The molecule has 2 fully saturated rings. The maximum absolute atomic E-state index is 12.1. The first-order chi connectivity index (χ1) is 8.97. The van der Waals surface area contributed by atoms with Gasteiger partial charge in [0.2, 0.25) is 5.91 Å². The SMILES string of the molecule is CC(C)(C)C1CCN(CCC(=O)N2CCNCC2)C1. The zero-order chi connectivity index (χ0) is 13.9. The Morgan fingerprint density at radius 1 is 1.21 bits per heavy atom. The fourth-order valence-corrected chi connectivity index (χ4v) is 3.07. The van der Waals surface area contributed by atoms with E-state index in [4.69, 9.17) is 0 Å². The summed E-state index contributed by atoms with van der Waals surface area (Å²) >= 11 is 0. The van der Waals surface area contributed by atoms with Crippen LogP contribution in [0.3, 0.4) is 0 Å². The number of nitrogens with zero attached hydrogens (tertiary/aromatic N) is 2. The zero-order valence-corrected chi connectivity index (χ0v) is 12.7. The van der Waals surface area contributed by atoms with Crippen molar-refractivity contribution in [1.29, 1.82) is 0 Å². The van der Waals surface area contributed by atoms with Crippen molar-refractivity contribution in [2.75, 3.05) is 45.8 Å². The Balaban J connectivity index is 1.70. The van der Waals surface area contributed by atoms with Gasteiger partial charge in [0.1, 0.15) is 0 Å². The highest BCUT2D eigenvalue weighted by atomic mass is 16.2. The van der Waals surface area contributed by atoms with E-state index in [-0.39, 0.29) is 0 Å². The van der Waals surface area contributed by atoms with Gasteiger partial charge in [0, 0.05) is 45.7 Å². The van der Waals surface area contributed by atoms with E-state index in [1.807, 2.05) is 4.90 Å². The van der Waals surface area contributed by atoms with Gasteiger partial charge in [0.25, 0.3) is 0 Å². The Labute approximate surface area is 117 Å². The Bertz CT molecular complexity index is 305. The lowest BCUT2D eigenvalue weighted by Gasteiger charge is -2.29. The molecule has 1 amide bonds. The van der Waals surface area contributed by atoms with Crippen LogP contribution >= 0.6 is 0 Å². The Kier molecular flexibility index (Phi) is 4.85. The van der Waals surface area contributed by atoms with Gasteiger partial charge in [-0.05, 0) is 24.3 Å². The topological polar surface area (TPSA) is 35.6 Å². The van der Waals surface area contributed by atoms with Gasteiger partial charge in [0.15, 0.2) is 0 Å². The van der Waals surface area contributed by atoms with Gasteiger partial charge in [-0.15, -0.1) is 0 Å². The van der Waals surface area contributed by atoms with Gasteiger partial charge >= 0.3 is 0 Å². The Morgan fingerprint density at radius 2 is 1.89 bits per heavy atom. The normalized spacial score (nSPS) is 25.8. The number of nitrogens with one attached hydrogen (secondary N) is 1. The summed E-state index contributed by atoms with van der Waals surface area (Å²) in [7, 11) is 0. The molecule has 0 aromatic carbocycles. The van der Waals surface area contributed by atoms with Crippen LogP contribution in [0.1, 0.15) is 33.6 Å². The molecule has 2 aliphatic heterocycles. The van der Waals surface area contributed by atoms with Crippen molar-refractivity contribution in [1.82, 2.24) is 15.1 Å². The van der Waals surface area contributed by atoms with Crippen LogP contribution in [0.5, 0.6) is 0 Å². The predicted octanol–water partition coefficient (Wildman–Crippen LogP) is 1.18. The molecule has 0 aliphatic carbocycles. The number of carbonyl (C=O) groups is 1. The first kappa shape index (κ1) is 14.8. The number of amides is 1. The summed E-state index contributed by atoms with van der Waals surface area (Å²) in [4.78, 5) is 16.6. The van der Waals surface area contributed by atoms with Crippen LogP contribution in [0.15, 0.2) is 0 Å². The van der Waals surface area contributed by atoms with E-state index >= 15 is 0 Å². The van der Waals surface area contributed by atoms with Crippen LogP contribution in [-0.4, -0.2) is 61.5 Å². The minimum absolute atomic E-state index is 0.334. The van der Waals surface area contributed by atoms with Crippen LogP contribution < -0.4 is 5.32 Å². The van der Waals surface area contributed by atoms with Crippen LogP contribution in [-0.2, 0) is 4.79 Å². The summed E-state index contributed by atoms with van der Waals surface area (Å²) < 4.78 is 0. The largest absolute Gasteiger partial charge is 0.340 e. The van der Waals surface area contributed by atoms with E-state index in [0.29, 0.717) is 17.7 Å². The quantitative estimate of drug-likeness (QED) is 0.834. The van der Waals surface area contributed by atoms with Crippen molar-refractivity contribution in [2.24, 2.45) is 11.3 Å². The molecule has 2 heterocycles. The van der Waals surface area contributed by atoms with Crippen molar-refractivity contribution in [3.63, 3.8) is 0 Å². The van der Waals surface area contributed by atoms with E-state index in [2.05, 4.69) is 31.0 Å². The van der Waals surface area contributed by atoms with E-state index in [1.165, 1.54) is 13.0 Å². The molecule has 0 spiro atoms. The van der Waals surface area contributed by atoms with Gasteiger partial charge in [-0.1, -0.05) is 20.8 Å². The maximum atomic E-state index is 12.1. The highest BCUT2D eigenvalue weighted by molar-refractivity contribution is 5.76. The lowest BCUT2D eigenvalue weighted by atomic mass is 9.80. The van der Waals surface area contributed by atoms with Crippen molar-refractivity contribution < 1.29 is 4.79 Å². The predicted molar refractivity (Wildman–Crippen MR) is 78.1 cm³/mol. The molecule has 0 bridgehead atoms. The number of rotatable bonds is 3. The number of piperazine rings is 1. The molecule has 1 atom stereocenters. The molecule has 0 radical (unpaired) electrons. The highest BCUT2D eigenvalue weighted by Crippen LogP contribution is 2.33. The fraction of sp³-hybridized carbons (Fsp3) is 0.933. The van der Waals surface area contributed by atoms with Crippen LogP contribution in [0.4, 0.5) is 0 Å². The Hall–Kier alpha value is -0.610. The molecule has 1 N–H and O–H groups in total. The summed E-state index contributed by atoms with van der Waals surface area (Å²) in [5, 5.41) is 3.28. The molecule has 0 saturated carbocycles. The zero-order valence-electron chi connectivity index (χ0n) is 12.7. The summed E-state index contributed by atoms with van der Waals surface area (Å²) in [6, 6.07) is 0. The van der Waals surface area contributed by atoms with E-state index in [9.17, 15) is 4.79 Å². The summed E-state index contributed by atoms with van der Waals surface area (Å²) in [6.45, 7) is 13.9. The summed E-state index contributed by atoms with van der Waals surface area (Å²) in [5.74, 6) is 1.11. The molecular formula is C15H29N3O. The van der Waals surface area contributed by atoms with Gasteiger partial charge in [-0.3, -0.25) is 4.79 Å². The van der Waals surface area contributed by atoms with Gasteiger partial charge in [0.05, 0.1) is 0 Å². The molecule has 4 heteroatoms. The van der Waals surface area contributed by atoms with Gasteiger partial charge < -0.3 is 15.1 Å². The lowest BCUT2D eigenvalue weighted by molar-refractivity contribution is -0.132. The number of hydrogen-bond acceptors (Lipinski definition) is 3. The third-order valence-electron chi connectivity index (χ3n) is 4.61. The summed E-state index contributed by atoms with van der Waals surface area (Å²) in [6.07, 6.45) is 1.97. The van der Waals surface area contributed by atoms with Crippen LogP contribution in [0, 0.1) is 11.3 Å². The molecule has 110 valence electrons. The molecule has 1 unspecified atom stereocenters. The molecule has 0 aromatic heterocycles. The van der Waals surface area contributed by atoms with Gasteiger partial charge in [-0.2, -0.15) is 0 Å². The molecule has 19 heavy (non-hydrogen) atoms. The minimum Gasteiger partial charge on any atom is -0.340 e. The Morgan fingerprint density at radius 3 is 2.47 bits per heavy atom. The van der Waals surface area contributed by atoms with Crippen molar-refractivity contribution in [3.8, 4) is 0 Å². The maximum Gasteiger partial charge on any atom is 0.223 e. The second-order valence-corrected chi connectivity index (χ2v) is 7.03. The fourth-order valence-electron chi connectivity index (χ4n) is 3.07. The second-order valence-electron chi connectivity index (χ2n) is 7.03. The van der Waals surface area contributed by atoms with Crippen molar-refractivity contribution in [2.45, 2.75) is 33.6 Å². The van der Waals surface area contributed by atoms with E-state index < -0.39 is 0 Å². The average molecular weight is 267 g/mol. The van der Waals surface area contributed by atoms with E-state index in [1.54, 1.807) is 0 Å². The van der Waals surface area contributed by atoms with Gasteiger partial charge in [-0.25, -0.2) is 0 Å². The minimum atomic E-state index is 0.334. The van der Waals surface area contributed by atoms with E-state index in [0.717, 1.165) is 45.2 Å². The summed E-state index contributed by atoms with van der Waals surface area (Å²) in [5.41, 5.74) is 0.400. The molecule has 2 rings (SSSR count). The molecule has 0 aromatic rings. The number of likely N-dealkylation sites (tertiary alicyclic amines) is 1. The third kappa shape index (κ3) is 4.18. The molecular weight excluding hydrogens is 238 g/mol. The molecule has 4 nitrogen and oxygen atoms in total. The van der Waals surface area contributed by atoms with Crippen LogP contribution in [0.2, 0.25) is 0 Å². The van der Waals surface area contributed by atoms with Crippen molar-refractivity contribution in [3.05, 3.63) is 0 Å². The average Bonchev–Trinajstić information content (AvgIpc) is 2.86. The first-order valence-electron chi connectivity index (χ1n) is 7.67. The standard InChI is InChI=1S/C15H29N3O/c1-15(2,3)13-4-8-17(12-13)9-5-14(19)18-10-6-16-7-11-18/h13,16H,4-12H2,1-3H3. The highest BCUT2D eigenvalue weighted by Gasteiger charge is 2.31. The third-order valence-corrected chi connectivity index (χ3v) is 4.61. The van der Waals surface area contributed by atoms with Crippen molar-refractivity contribution >= 4 is 5.91 Å². The smallest absolute Gasteiger partial charge is 0.223 e. The van der Waals surface area contributed by atoms with Crippen LogP contribution in [0.25, 0.3) is 0 Å². The number of hydrogen-bond donors (Lipinski definition) is 1. The monoisotopic (exact) mass is 267 g/mol. The molecule has 2 saturated heterocycles.